The molecule has 4 rings (SSSR count). The number of carbonyl (C=O) groups is 2. The molecule has 0 radical (unpaired) electrons. The third-order valence-electron chi connectivity index (χ3n) is 5.65. The highest BCUT2D eigenvalue weighted by Crippen LogP contribution is 2.26. The largest absolute Gasteiger partial charge is 0.497 e. The summed E-state index contributed by atoms with van der Waals surface area (Å²) >= 11 is 0. The Labute approximate surface area is 191 Å². The SMILES string of the molecule is CCc1ccccc1-c1ccc(CC(NC(=O)c2cc3cc(OC)ccc3o2)C(=O)O)cc1. The Morgan fingerprint density at radius 1 is 1.03 bits per heavy atom. The van der Waals surface area contributed by atoms with Crippen molar-refractivity contribution in [2.75, 3.05) is 7.11 Å². The van der Waals surface area contributed by atoms with Crippen molar-refractivity contribution >= 4 is 22.8 Å². The first-order valence-electron chi connectivity index (χ1n) is 10.8. The van der Waals surface area contributed by atoms with E-state index in [0.29, 0.717) is 16.7 Å². The number of carboxylic acids is 1. The Hall–Kier alpha value is -4.06. The van der Waals surface area contributed by atoms with Crippen molar-refractivity contribution in [2.45, 2.75) is 25.8 Å². The first-order chi connectivity index (χ1) is 16.0. The molecule has 0 aliphatic carbocycles. The third-order valence-corrected chi connectivity index (χ3v) is 5.65. The Morgan fingerprint density at radius 3 is 2.48 bits per heavy atom. The molecular formula is C27H25NO5. The second-order valence-corrected chi connectivity index (χ2v) is 7.79. The van der Waals surface area contributed by atoms with Crippen molar-refractivity contribution in [3.8, 4) is 16.9 Å². The van der Waals surface area contributed by atoms with Crippen LogP contribution in [0.15, 0.2) is 77.2 Å². The highest BCUT2D eigenvalue weighted by Gasteiger charge is 2.23. The zero-order valence-electron chi connectivity index (χ0n) is 18.5. The number of methoxy groups -OCH3 is 1. The van der Waals surface area contributed by atoms with E-state index in [9.17, 15) is 14.7 Å². The molecule has 0 bridgehead atoms. The molecule has 0 saturated carbocycles. The van der Waals surface area contributed by atoms with Gasteiger partial charge in [0.1, 0.15) is 17.4 Å². The van der Waals surface area contributed by atoms with Crippen LogP contribution in [0.5, 0.6) is 5.75 Å². The molecule has 0 saturated heterocycles. The van der Waals surface area contributed by atoms with Gasteiger partial charge in [0, 0.05) is 11.8 Å². The van der Waals surface area contributed by atoms with Crippen LogP contribution in [0.1, 0.15) is 28.6 Å². The molecule has 33 heavy (non-hydrogen) atoms. The topological polar surface area (TPSA) is 88.8 Å². The number of furan rings is 1. The first-order valence-corrected chi connectivity index (χ1v) is 10.8. The second kappa shape index (κ2) is 9.61. The smallest absolute Gasteiger partial charge is 0.326 e. The van der Waals surface area contributed by atoms with Crippen molar-refractivity contribution in [1.29, 1.82) is 0 Å². The number of hydrogen-bond acceptors (Lipinski definition) is 4. The molecule has 0 spiro atoms. The van der Waals surface area contributed by atoms with E-state index >= 15 is 0 Å². The van der Waals surface area contributed by atoms with Gasteiger partial charge in [-0.1, -0.05) is 55.5 Å². The number of aliphatic carboxylic acids is 1. The molecule has 0 fully saturated rings. The molecule has 1 aromatic heterocycles. The minimum absolute atomic E-state index is 0.0519. The maximum Gasteiger partial charge on any atom is 0.326 e. The summed E-state index contributed by atoms with van der Waals surface area (Å²) in [6, 6.07) is 21.7. The fourth-order valence-corrected chi connectivity index (χ4v) is 3.86. The lowest BCUT2D eigenvalue weighted by molar-refractivity contribution is -0.139. The number of carbonyl (C=O) groups excluding carboxylic acids is 1. The van der Waals surface area contributed by atoms with E-state index in [-0.39, 0.29) is 12.2 Å². The molecule has 6 nitrogen and oxygen atoms in total. The highest BCUT2D eigenvalue weighted by molar-refractivity contribution is 5.98. The summed E-state index contributed by atoms with van der Waals surface area (Å²) in [5.41, 5.74) is 4.83. The summed E-state index contributed by atoms with van der Waals surface area (Å²) < 4.78 is 10.8. The summed E-state index contributed by atoms with van der Waals surface area (Å²) in [7, 11) is 1.56. The minimum atomic E-state index is -1.11. The quantitative estimate of drug-likeness (QED) is 0.396. The number of ether oxygens (including phenoxy) is 1. The van der Waals surface area contributed by atoms with Crippen LogP contribution in [0.25, 0.3) is 22.1 Å². The van der Waals surface area contributed by atoms with E-state index in [0.717, 1.165) is 23.1 Å². The monoisotopic (exact) mass is 443 g/mol. The molecule has 168 valence electrons. The number of amides is 1. The molecule has 3 aromatic carbocycles. The van der Waals surface area contributed by atoms with Crippen LogP contribution in [0.4, 0.5) is 0 Å². The van der Waals surface area contributed by atoms with Crippen LogP contribution in [0, 0.1) is 0 Å². The van der Waals surface area contributed by atoms with Crippen molar-refractivity contribution in [1.82, 2.24) is 5.32 Å². The average molecular weight is 443 g/mol. The lowest BCUT2D eigenvalue weighted by Gasteiger charge is -2.14. The molecule has 0 aliphatic heterocycles. The molecule has 1 amide bonds. The van der Waals surface area contributed by atoms with Crippen LogP contribution in [0.2, 0.25) is 0 Å². The molecule has 0 aliphatic rings. The number of aryl methyl sites for hydroxylation is 1. The van der Waals surface area contributed by atoms with Gasteiger partial charge in [0.05, 0.1) is 7.11 Å². The molecule has 1 atom stereocenters. The third kappa shape index (κ3) is 4.90. The molecular weight excluding hydrogens is 418 g/mol. The Balaban J connectivity index is 1.49. The maximum atomic E-state index is 12.7. The Morgan fingerprint density at radius 2 is 1.79 bits per heavy atom. The second-order valence-electron chi connectivity index (χ2n) is 7.79. The van der Waals surface area contributed by atoms with Gasteiger partial charge in [0.15, 0.2) is 5.76 Å². The summed E-state index contributed by atoms with van der Waals surface area (Å²) in [5.74, 6) is -0.993. The van der Waals surface area contributed by atoms with Gasteiger partial charge in [-0.15, -0.1) is 0 Å². The van der Waals surface area contributed by atoms with Gasteiger partial charge in [-0.3, -0.25) is 4.79 Å². The summed E-state index contributed by atoms with van der Waals surface area (Å²) in [5, 5.41) is 13.0. The predicted octanol–water partition coefficient (Wildman–Crippen LogP) is 5.10. The standard InChI is InChI=1S/C27H25NO5/c1-3-18-6-4-5-7-22(18)19-10-8-17(9-11-19)14-23(27(30)31)28-26(29)25-16-20-15-21(32-2)12-13-24(20)33-25/h4-13,15-16,23H,3,14H2,1-2H3,(H,28,29)(H,30,31). The maximum absolute atomic E-state index is 12.7. The van der Waals surface area contributed by atoms with Crippen molar-refractivity contribution in [2.24, 2.45) is 0 Å². The molecule has 1 unspecified atom stereocenters. The summed E-state index contributed by atoms with van der Waals surface area (Å²) in [6.45, 7) is 2.12. The zero-order valence-corrected chi connectivity index (χ0v) is 18.5. The molecule has 2 N–H and O–H groups in total. The van der Waals surface area contributed by atoms with E-state index in [1.165, 1.54) is 5.56 Å². The number of hydrogen-bond donors (Lipinski definition) is 2. The van der Waals surface area contributed by atoms with E-state index < -0.39 is 17.9 Å². The predicted molar refractivity (Wildman–Crippen MR) is 127 cm³/mol. The van der Waals surface area contributed by atoms with Gasteiger partial charge in [0.25, 0.3) is 5.91 Å². The average Bonchev–Trinajstić information content (AvgIpc) is 3.27. The summed E-state index contributed by atoms with van der Waals surface area (Å²) in [4.78, 5) is 24.5. The number of carboxylic acid groups (broad SMARTS) is 1. The van der Waals surface area contributed by atoms with E-state index in [1.54, 1.807) is 31.4 Å². The van der Waals surface area contributed by atoms with Gasteiger partial charge >= 0.3 is 5.97 Å². The lowest BCUT2D eigenvalue weighted by Crippen LogP contribution is -2.42. The summed E-state index contributed by atoms with van der Waals surface area (Å²) in [6.07, 6.45) is 1.09. The van der Waals surface area contributed by atoms with Crippen molar-refractivity contribution in [3.63, 3.8) is 0 Å². The van der Waals surface area contributed by atoms with Crippen LogP contribution in [-0.2, 0) is 17.6 Å². The van der Waals surface area contributed by atoms with Gasteiger partial charge in [-0.2, -0.15) is 0 Å². The molecule has 1 heterocycles. The number of nitrogens with one attached hydrogen (secondary N) is 1. The van der Waals surface area contributed by atoms with Crippen LogP contribution in [-0.4, -0.2) is 30.1 Å². The van der Waals surface area contributed by atoms with E-state index in [1.807, 2.05) is 36.4 Å². The fraction of sp³-hybridized carbons (Fsp3) is 0.185. The molecule has 6 heteroatoms. The van der Waals surface area contributed by atoms with E-state index in [2.05, 4.69) is 24.4 Å². The van der Waals surface area contributed by atoms with Gasteiger partial charge in [-0.25, -0.2) is 4.79 Å². The number of benzene rings is 3. The van der Waals surface area contributed by atoms with Gasteiger partial charge in [0.2, 0.25) is 0 Å². The van der Waals surface area contributed by atoms with Crippen LogP contribution in [0.3, 0.4) is 0 Å². The van der Waals surface area contributed by atoms with Gasteiger partial charge < -0.3 is 19.6 Å². The van der Waals surface area contributed by atoms with Crippen LogP contribution < -0.4 is 10.1 Å². The van der Waals surface area contributed by atoms with Crippen molar-refractivity contribution < 1.29 is 23.8 Å². The lowest BCUT2D eigenvalue weighted by atomic mass is 9.96. The number of fused-ring (bicyclic) bond motifs is 1. The highest BCUT2D eigenvalue weighted by atomic mass is 16.5. The minimum Gasteiger partial charge on any atom is -0.497 e. The fourth-order valence-electron chi connectivity index (χ4n) is 3.86. The van der Waals surface area contributed by atoms with E-state index in [4.69, 9.17) is 9.15 Å². The van der Waals surface area contributed by atoms with Crippen LogP contribution >= 0.6 is 0 Å². The Bertz CT molecular complexity index is 1290. The number of rotatable bonds is 8. The zero-order chi connectivity index (χ0) is 23.4. The normalized spacial score (nSPS) is 11.8. The van der Waals surface area contributed by atoms with Crippen molar-refractivity contribution in [3.05, 3.63) is 89.7 Å². The van der Waals surface area contributed by atoms with Gasteiger partial charge in [-0.05, 0) is 52.9 Å². The first kappa shape index (κ1) is 22.1. The Kier molecular flexibility index (Phi) is 6.45. The molecule has 4 aromatic rings.